The minimum absolute atomic E-state index is 0.0272. The number of likely N-dealkylation sites (N-methyl/N-ethyl adjacent to an activating group) is 1. The van der Waals surface area contributed by atoms with E-state index in [2.05, 4.69) is 5.32 Å². The molecule has 0 atom stereocenters. The summed E-state index contributed by atoms with van der Waals surface area (Å²) in [5, 5.41) is 3.80. The predicted octanol–water partition coefficient (Wildman–Crippen LogP) is 5.03. The van der Waals surface area contributed by atoms with Crippen molar-refractivity contribution in [2.24, 2.45) is 0 Å². The van der Waals surface area contributed by atoms with Crippen molar-refractivity contribution < 1.29 is 18.8 Å². The van der Waals surface area contributed by atoms with Crippen LogP contribution in [0.4, 0.5) is 5.69 Å². The zero-order chi connectivity index (χ0) is 22.6. The van der Waals surface area contributed by atoms with Crippen LogP contribution in [0.5, 0.6) is 0 Å². The maximum Gasteiger partial charge on any atom is 0.362 e. The molecule has 2 aromatic rings. The van der Waals surface area contributed by atoms with Gasteiger partial charge in [-0.25, -0.2) is 4.79 Å². The van der Waals surface area contributed by atoms with Crippen molar-refractivity contribution in [1.29, 1.82) is 0 Å². The van der Waals surface area contributed by atoms with Gasteiger partial charge in [-0.1, -0.05) is 41.9 Å². The largest absolute Gasteiger partial charge is 0.457 e. The molecule has 1 aliphatic rings. The number of nitrogens with zero attached hydrogens (tertiary/aromatic N) is 1. The molecule has 6 heteroatoms. The van der Waals surface area contributed by atoms with E-state index in [4.69, 9.17) is 16.3 Å². The topological polar surface area (TPSA) is 55.4 Å². The van der Waals surface area contributed by atoms with Gasteiger partial charge in [-0.2, -0.15) is 0 Å². The highest BCUT2D eigenvalue weighted by molar-refractivity contribution is 6.30. The third-order valence-corrected chi connectivity index (χ3v) is 6.89. The molecule has 0 aromatic heterocycles. The van der Waals surface area contributed by atoms with Crippen molar-refractivity contribution in [3.05, 3.63) is 64.2 Å². The number of hydrogen-bond acceptors (Lipinski definition) is 3. The number of rotatable bonds is 9. The highest BCUT2D eigenvalue weighted by Gasteiger charge is 2.65. The number of benzene rings is 2. The highest BCUT2D eigenvalue weighted by atomic mass is 35.5. The van der Waals surface area contributed by atoms with Gasteiger partial charge in [0.2, 0.25) is 0 Å². The van der Waals surface area contributed by atoms with Crippen LogP contribution in [0.1, 0.15) is 43.4 Å². The molecule has 1 amide bonds. The fourth-order valence-corrected chi connectivity index (χ4v) is 4.93. The third kappa shape index (κ3) is 4.78. The average molecular weight is 444 g/mol. The van der Waals surface area contributed by atoms with E-state index in [-0.39, 0.29) is 25.0 Å². The molecular weight excluding hydrogens is 412 g/mol. The quantitative estimate of drug-likeness (QED) is 0.437. The summed E-state index contributed by atoms with van der Waals surface area (Å²) < 4.78 is 5.96. The number of nitrogens with one attached hydrogen (secondary N) is 1. The van der Waals surface area contributed by atoms with Gasteiger partial charge in [0.1, 0.15) is 6.61 Å². The molecule has 0 unspecified atom stereocenters. The van der Waals surface area contributed by atoms with Gasteiger partial charge < -0.3 is 14.5 Å². The van der Waals surface area contributed by atoms with Gasteiger partial charge in [-0.15, -0.1) is 0 Å². The monoisotopic (exact) mass is 443 g/mol. The maximum atomic E-state index is 13.5. The van der Waals surface area contributed by atoms with Crippen molar-refractivity contribution in [2.45, 2.75) is 52.7 Å². The molecule has 0 heterocycles. The summed E-state index contributed by atoms with van der Waals surface area (Å²) >= 11 is 6.14. The van der Waals surface area contributed by atoms with Crippen LogP contribution in [0.25, 0.3) is 0 Å². The van der Waals surface area contributed by atoms with Crippen molar-refractivity contribution in [1.82, 2.24) is 0 Å². The van der Waals surface area contributed by atoms with Crippen LogP contribution in [0.2, 0.25) is 5.02 Å². The standard InChI is InChI=1S/C25H31ClN2O3/c1-5-28(6-2,16-22(29)31-17-20-10-8-7-9-11-20)25(12-13-25)24(30)27-23-18(3)14-21(26)15-19(23)4/h7-11,14-15H,5-6,12-13,16-17H2,1-4H3/p+1. The van der Waals surface area contributed by atoms with E-state index in [1.807, 2.05) is 70.2 Å². The number of carbonyl (C=O) groups is 2. The number of amides is 1. The van der Waals surface area contributed by atoms with Gasteiger partial charge in [0.15, 0.2) is 12.1 Å². The molecule has 0 spiro atoms. The summed E-state index contributed by atoms with van der Waals surface area (Å²) in [7, 11) is 0. The third-order valence-electron chi connectivity index (χ3n) is 6.68. The Kier molecular flexibility index (Phi) is 7.07. The first-order valence-electron chi connectivity index (χ1n) is 10.9. The van der Waals surface area contributed by atoms with E-state index in [9.17, 15) is 9.59 Å². The normalized spacial score (nSPS) is 14.7. The molecule has 0 radical (unpaired) electrons. The number of carbonyl (C=O) groups excluding carboxylic acids is 2. The zero-order valence-corrected chi connectivity index (χ0v) is 19.6. The average Bonchev–Trinajstić information content (AvgIpc) is 3.56. The Morgan fingerprint density at radius 3 is 2.16 bits per heavy atom. The lowest BCUT2D eigenvalue weighted by Crippen LogP contribution is -2.64. The fraction of sp³-hybridized carbons (Fsp3) is 0.440. The zero-order valence-electron chi connectivity index (χ0n) is 18.8. The molecule has 0 aliphatic heterocycles. The number of quaternary nitrogens is 1. The molecule has 3 rings (SSSR count). The minimum Gasteiger partial charge on any atom is -0.457 e. The first-order valence-corrected chi connectivity index (χ1v) is 11.3. The van der Waals surface area contributed by atoms with Gasteiger partial charge in [0, 0.05) is 23.6 Å². The summed E-state index contributed by atoms with van der Waals surface area (Å²) in [6.07, 6.45) is 1.52. The molecular formula is C25H32ClN2O3+. The first-order chi connectivity index (χ1) is 14.8. The molecule has 1 aliphatic carbocycles. The van der Waals surface area contributed by atoms with Crippen LogP contribution in [0.3, 0.4) is 0 Å². The van der Waals surface area contributed by atoms with Gasteiger partial charge in [-0.3, -0.25) is 4.79 Å². The Morgan fingerprint density at radius 1 is 1.06 bits per heavy atom. The van der Waals surface area contributed by atoms with Crippen LogP contribution in [-0.4, -0.2) is 41.5 Å². The second-order valence-corrected chi connectivity index (χ2v) is 8.92. The van der Waals surface area contributed by atoms with E-state index >= 15 is 0 Å². The smallest absolute Gasteiger partial charge is 0.362 e. The number of anilines is 1. The molecule has 2 aromatic carbocycles. The Labute approximate surface area is 189 Å². The first kappa shape index (κ1) is 23.3. The number of aryl methyl sites for hydroxylation is 2. The lowest BCUT2D eigenvalue weighted by Gasteiger charge is -2.42. The van der Waals surface area contributed by atoms with Crippen LogP contribution in [0, 0.1) is 13.8 Å². The van der Waals surface area contributed by atoms with Gasteiger partial charge in [-0.05, 0) is 56.5 Å². The van der Waals surface area contributed by atoms with E-state index in [1.165, 1.54) is 0 Å². The fourth-order valence-electron chi connectivity index (χ4n) is 4.61. The van der Waals surface area contributed by atoms with E-state index in [1.54, 1.807) is 0 Å². The second kappa shape index (κ2) is 9.41. The summed E-state index contributed by atoms with van der Waals surface area (Å²) in [5.41, 5.74) is 3.02. The number of halogens is 1. The molecule has 1 saturated carbocycles. The molecule has 1 N–H and O–H groups in total. The Morgan fingerprint density at radius 2 is 1.65 bits per heavy atom. The highest BCUT2D eigenvalue weighted by Crippen LogP contribution is 2.48. The summed E-state index contributed by atoms with van der Waals surface area (Å²) in [4.78, 5) is 26.3. The van der Waals surface area contributed by atoms with Gasteiger partial charge in [0.05, 0.1) is 13.1 Å². The summed E-state index contributed by atoms with van der Waals surface area (Å²) in [6, 6.07) is 13.3. The van der Waals surface area contributed by atoms with E-state index in [0.717, 1.165) is 35.2 Å². The number of esters is 1. The molecule has 1 fully saturated rings. The molecule has 166 valence electrons. The van der Waals surface area contributed by atoms with Crippen LogP contribution in [0.15, 0.2) is 42.5 Å². The van der Waals surface area contributed by atoms with Crippen molar-refractivity contribution in [3.63, 3.8) is 0 Å². The number of ether oxygens (including phenoxy) is 1. The van der Waals surface area contributed by atoms with Gasteiger partial charge in [0.25, 0.3) is 5.91 Å². The Hall–Kier alpha value is -2.37. The van der Waals surface area contributed by atoms with Crippen molar-refractivity contribution in [3.8, 4) is 0 Å². The number of hydrogen-bond donors (Lipinski definition) is 1. The summed E-state index contributed by atoms with van der Waals surface area (Å²) in [5.74, 6) is -0.300. The molecule has 0 bridgehead atoms. The molecule has 0 saturated heterocycles. The van der Waals surface area contributed by atoms with Crippen LogP contribution >= 0.6 is 11.6 Å². The lowest BCUT2D eigenvalue weighted by molar-refractivity contribution is -0.942. The maximum absolute atomic E-state index is 13.5. The van der Waals surface area contributed by atoms with Gasteiger partial charge >= 0.3 is 5.97 Å². The molecule has 5 nitrogen and oxygen atoms in total. The molecule has 31 heavy (non-hydrogen) atoms. The van der Waals surface area contributed by atoms with Crippen molar-refractivity contribution in [2.75, 3.05) is 25.0 Å². The summed E-state index contributed by atoms with van der Waals surface area (Å²) in [6.45, 7) is 9.76. The van der Waals surface area contributed by atoms with Crippen molar-refractivity contribution >= 4 is 29.2 Å². The van der Waals surface area contributed by atoms with E-state index in [0.29, 0.717) is 22.6 Å². The van der Waals surface area contributed by atoms with Crippen LogP contribution < -0.4 is 5.32 Å². The lowest BCUT2D eigenvalue weighted by atomic mass is 10.1. The predicted molar refractivity (Wildman–Crippen MR) is 124 cm³/mol. The van der Waals surface area contributed by atoms with Crippen LogP contribution in [-0.2, 0) is 20.9 Å². The minimum atomic E-state index is -0.603. The Balaban J connectivity index is 1.76. The van der Waals surface area contributed by atoms with E-state index < -0.39 is 5.54 Å². The SMILES string of the molecule is CC[N+](CC)(CC(=O)OCc1ccccc1)C1(C(=O)Nc2c(C)cc(Cl)cc2C)CC1. The second-order valence-electron chi connectivity index (χ2n) is 8.48. The Bertz CT molecular complexity index is 927.